The van der Waals surface area contributed by atoms with Gasteiger partial charge in [-0.15, -0.1) is 0 Å². The Morgan fingerprint density at radius 1 is 0.824 bits per heavy atom. The van der Waals surface area contributed by atoms with E-state index in [1.54, 1.807) is 0 Å². The number of aliphatic carboxylic acids is 1. The Kier molecular flexibility index (Phi) is 14.0. The number of carbonyl (C=O) groups excluding carboxylic acids is 5. The zero-order valence-corrected chi connectivity index (χ0v) is 19.0. The lowest BCUT2D eigenvalue weighted by Gasteiger charge is -2.26. The molecule has 0 saturated heterocycles. The van der Waals surface area contributed by atoms with Gasteiger partial charge < -0.3 is 49.1 Å². The third kappa shape index (κ3) is 12.1. The molecule has 0 aliphatic heterocycles. The molecule has 0 radical (unpaired) electrons. The van der Waals surface area contributed by atoms with Gasteiger partial charge in [-0.1, -0.05) is 6.42 Å². The minimum absolute atomic E-state index is 0.226. The fraction of sp³-hybridized carbons (Fsp3) is 0.684. The lowest BCUT2D eigenvalue weighted by atomic mass is 10.1. The smallest absolute Gasteiger partial charge is 0.326 e. The van der Waals surface area contributed by atoms with Crippen LogP contribution in [-0.2, 0) is 28.8 Å². The normalized spacial score (nSPS) is 15.2. The molecule has 0 saturated carbocycles. The summed E-state index contributed by atoms with van der Waals surface area (Å²) >= 11 is 0. The minimum atomic E-state index is -1.69. The molecule has 0 spiro atoms. The number of nitrogens with one attached hydrogen (secondary N) is 3. The van der Waals surface area contributed by atoms with Crippen LogP contribution in [0.2, 0.25) is 0 Å². The van der Waals surface area contributed by atoms with Crippen molar-refractivity contribution in [1.82, 2.24) is 16.0 Å². The molecule has 5 unspecified atom stereocenters. The molecule has 0 heterocycles. The minimum Gasteiger partial charge on any atom is -0.480 e. The van der Waals surface area contributed by atoms with E-state index in [9.17, 15) is 33.9 Å². The number of hydrogen-bond acceptors (Lipinski definition) is 9. The molecule has 0 aromatic carbocycles. The number of aliphatic hydroxyl groups excluding tert-OH is 1. The summed E-state index contributed by atoms with van der Waals surface area (Å²) in [6, 6.07) is -5.65. The summed E-state index contributed by atoms with van der Waals surface area (Å²) in [6.45, 7) is 1.57. The number of unbranched alkanes of at least 4 members (excludes halogenated alkanes) is 1. The van der Waals surface area contributed by atoms with Gasteiger partial charge in [-0.2, -0.15) is 0 Å². The second kappa shape index (κ2) is 15.5. The van der Waals surface area contributed by atoms with Crippen LogP contribution < -0.4 is 38.9 Å². The molecule has 15 nitrogen and oxygen atoms in total. The molecule has 0 fully saturated rings. The Balaban J connectivity index is 5.43. The van der Waals surface area contributed by atoms with Crippen LogP contribution in [-0.4, -0.2) is 82.5 Å². The SMILES string of the molecule is CC(O)C(NC(=O)C(CCC(N)=O)NC(=O)C(N)CCCCN)C(=O)NC(CC(N)=O)C(=O)O. The van der Waals surface area contributed by atoms with E-state index in [-0.39, 0.29) is 12.8 Å². The molecule has 0 aromatic heterocycles. The van der Waals surface area contributed by atoms with Crippen molar-refractivity contribution < 1.29 is 39.0 Å². The Labute approximate surface area is 196 Å². The van der Waals surface area contributed by atoms with Gasteiger partial charge >= 0.3 is 5.97 Å². The van der Waals surface area contributed by atoms with Gasteiger partial charge in [0.2, 0.25) is 29.5 Å². The van der Waals surface area contributed by atoms with Gasteiger partial charge in [-0.05, 0) is 32.7 Å². The molecule has 0 aliphatic carbocycles. The number of carboxylic acid groups (broad SMARTS) is 1. The molecule has 194 valence electrons. The van der Waals surface area contributed by atoms with E-state index in [4.69, 9.17) is 28.0 Å². The lowest BCUT2D eigenvalue weighted by Crippen LogP contribution is -2.60. The maximum atomic E-state index is 12.8. The first-order valence-corrected chi connectivity index (χ1v) is 10.6. The Hall–Kier alpha value is -3.30. The van der Waals surface area contributed by atoms with Crippen LogP contribution in [0.15, 0.2) is 0 Å². The Morgan fingerprint density at radius 3 is 1.88 bits per heavy atom. The van der Waals surface area contributed by atoms with Crippen molar-refractivity contribution in [2.45, 2.75) is 75.7 Å². The lowest BCUT2D eigenvalue weighted by molar-refractivity contribution is -0.144. The van der Waals surface area contributed by atoms with Crippen molar-refractivity contribution >= 4 is 35.5 Å². The third-order valence-electron chi connectivity index (χ3n) is 4.70. The number of carboxylic acids is 1. The van der Waals surface area contributed by atoms with Gasteiger partial charge in [-0.25, -0.2) is 4.79 Å². The molecule has 5 amide bonds. The van der Waals surface area contributed by atoms with Gasteiger partial charge in [0.05, 0.1) is 18.6 Å². The highest BCUT2D eigenvalue weighted by Gasteiger charge is 2.33. The van der Waals surface area contributed by atoms with E-state index in [1.165, 1.54) is 0 Å². The predicted octanol–water partition coefficient (Wildman–Crippen LogP) is -4.50. The number of hydrogen-bond donors (Lipinski definition) is 9. The first kappa shape index (κ1) is 30.7. The summed E-state index contributed by atoms with van der Waals surface area (Å²) in [4.78, 5) is 71.1. The quantitative estimate of drug-likeness (QED) is 0.0882. The molecule has 5 atom stereocenters. The molecule has 34 heavy (non-hydrogen) atoms. The first-order valence-electron chi connectivity index (χ1n) is 10.6. The van der Waals surface area contributed by atoms with Crippen molar-refractivity contribution in [2.24, 2.45) is 22.9 Å². The molecular formula is C19H35N7O8. The number of nitrogens with two attached hydrogens (primary N) is 4. The van der Waals surface area contributed by atoms with Crippen LogP contribution in [0.25, 0.3) is 0 Å². The summed E-state index contributed by atoms with van der Waals surface area (Å²) in [5.41, 5.74) is 21.3. The van der Waals surface area contributed by atoms with Crippen LogP contribution in [0.4, 0.5) is 0 Å². The van der Waals surface area contributed by atoms with E-state index in [0.717, 1.165) is 6.92 Å². The van der Waals surface area contributed by atoms with Crippen LogP contribution in [0, 0.1) is 0 Å². The fourth-order valence-corrected chi connectivity index (χ4v) is 2.80. The average molecular weight is 490 g/mol. The number of aliphatic hydroxyl groups is 1. The third-order valence-corrected chi connectivity index (χ3v) is 4.70. The van der Waals surface area contributed by atoms with Gasteiger partial charge in [0.25, 0.3) is 0 Å². The van der Waals surface area contributed by atoms with E-state index in [0.29, 0.717) is 25.8 Å². The highest BCUT2D eigenvalue weighted by atomic mass is 16.4. The summed E-state index contributed by atoms with van der Waals surface area (Å²) in [7, 11) is 0. The van der Waals surface area contributed by atoms with Gasteiger partial charge in [0.1, 0.15) is 18.1 Å². The molecule has 0 aromatic rings. The molecule has 0 bridgehead atoms. The molecular weight excluding hydrogens is 454 g/mol. The van der Waals surface area contributed by atoms with Crippen LogP contribution in [0.5, 0.6) is 0 Å². The van der Waals surface area contributed by atoms with E-state index < -0.39 is 72.2 Å². The zero-order chi connectivity index (χ0) is 26.4. The van der Waals surface area contributed by atoms with Gasteiger partial charge in [-0.3, -0.25) is 24.0 Å². The summed E-state index contributed by atoms with van der Waals surface area (Å²) in [6.07, 6.45) is -1.22. The fourth-order valence-electron chi connectivity index (χ4n) is 2.80. The zero-order valence-electron chi connectivity index (χ0n) is 19.0. The number of amides is 5. The molecule has 15 heteroatoms. The topological polar surface area (TPSA) is 283 Å². The number of primary amides is 2. The van der Waals surface area contributed by atoms with Crippen LogP contribution in [0.1, 0.15) is 45.4 Å². The first-order chi connectivity index (χ1) is 15.8. The average Bonchev–Trinajstić information content (AvgIpc) is 2.73. The van der Waals surface area contributed by atoms with Crippen LogP contribution >= 0.6 is 0 Å². The maximum absolute atomic E-state index is 12.8. The van der Waals surface area contributed by atoms with Crippen molar-refractivity contribution in [3.8, 4) is 0 Å². The highest BCUT2D eigenvalue weighted by molar-refractivity contribution is 5.95. The second-order valence-electron chi connectivity index (χ2n) is 7.75. The summed E-state index contributed by atoms with van der Waals surface area (Å²) in [5, 5.41) is 25.7. The van der Waals surface area contributed by atoms with E-state index >= 15 is 0 Å². The Bertz CT molecular complexity index is 746. The monoisotopic (exact) mass is 489 g/mol. The van der Waals surface area contributed by atoms with Gasteiger partial charge in [0, 0.05) is 6.42 Å². The molecule has 0 rings (SSSR count). The largest absolute Gasteiger partial charge is 0.480 e. The number of carbonyl (C=O) groups is 6. The van der Waals surface area contributed by atoms with Crippen molar-refractivity contribution in [3.05, 3.63) is 0 Å². The maximum Gasteiger partial charge on any atom is 0.326 e. The van der Waals surface area contributed by atoms with E-state index in [1.807, 2.05) is 5.32 Å². The second-order valence-corrected chi connectivity index (χ2v) is 7.75. The summed E-state index contributed by atoms with van der Waals surface area (Å²) < 4.78 is 0. The van der Waals surface area contributed by atoms with E-state index in [2.05, 4.69) is 10.6 Å². The highest BCUT2D eigenvalue weighted by Crippen LogP contribution is 2.04. The van der Waals surface area contributed by atoms with Crippen molar-refractivity contribution in [3.63, 3.8) is 0 Å². The van der Waals surface area contributed by atoms with Gasteiger partial charge in [0.15, 0.2) is 0 Å². The van der Waals surface area contributed by atoms with Crippen molar-refractivity contribution in [1.29, 1.82) is 0 Å². The molecule has 13 N–H and O–H groups in total. The molecule has 0 aliphatic rings. The number of rotatable bonds is 17. The van der Waals surface area contributed by atoms with Crippen molar-refractivity contribution in [2.75, 3.05) is 6.54 Å². The standard InChI is InChI=1S/C19H35N7O8/c1-9(27)15(18(32)25-12(19(33)34)8-14(23)29)26-17(31)11(5-6-13(22)28)24-16(30)10(21)4-2-3-7-20/h9-12,15,27H,2-8,20-21H2,1H3,(H2,22,28)(H2,23,29)(H,24,30)(H,25,32)(H,26,31)(H,33,34). The summed E-state index contributed by atoms with van der Waals surface area (Å²) in [5.74, 6) is -6.06. The Morgan fingerprint density at radius 2 is 1.41 bits per heavy atom. The predicted molar refractivity (Wildman–Crippen MR) is 118 cm³/mol. The van der Waals surface area contributed by atoms with Crippen LogP contribution in [0.3, 0.4) is 0 Å².